The van der Waals surface area contributed by atoms with Gasteiger partial charge in [-0.3, -0.25) is 9.59 Å². The van der Waals surface area contributed by atoms with E-state index >= 15 is 0 Å². The SMILES string of the molecule is C=CCOC(=O)CC(CC(=O)OCC=C)OC(=O)OCc1ccccc1. The number of esters is 2. The smallest absolute Gasteiger partial charge is 0.461 e. The van der Waals surface area contributed by atoms with Gasteiger partial charge < -0.3 is 18.9 Å². The maximum atomic E-state index is 11.8. The summed E-state index contributed by atoms with van der Waals surface area (Å²) in [6, 6.07) is 9.01. The van der Waals surface area contributed by atoms with Gasteiger partial charge in [0, 0.05) is 0 Å². The quantitative estimate of drug-likeness (QED) is 0.340. The second-order valence-electron chi connectivity index (χ2n) is 5.12. The van der Waals surface area contributed by atoms with Crippen LogP contribution < -0.4 is 0 Å². The van der Waals surface area contributed by atoms with Gasteiger partial charge in [0.2, 0.25) is 0 Å². The van der Waals surface area contributed by atoms with E-state index in [1.54, 1.807) is 24.3 Å². The summed E-state index contributed by atoms with van der Waals surface area (Å²) in [6.07, 6.45) is 0.134. The average molecular weight is 362 g/mol. The van der Waals surface area contributed by atoms with E-state index < -0.39 is 24.2 Å². The number of ether oxygens (including phenoxy) is 4. The third-order valence-corrected chi connectivity index (χ3v) is 2.98. The van der Waals surface area contributed by atoms with Crippen molar-refractivity contribution in [3.05, 3.63) is 61.2 Å². The van der Waals surface area contributed by atoms with E-state index in [1.165, 1.54) is 12.2 Å². The zero-order valence-corrected chi connectivity index (χ0v) is 14.4. The molecule has 0 unspecified atom stereocenters. The Kier molecular flexibility index (Phi) is 9.91. The lowest BCUT2D eigenvalue weighted by Gasteiger charge is -2.16. The van der Waals surface area contributed by atoms with Crippen molar-refractivity contribution in [2.75, 3.05) is 13.2 Å². The Morgan fingerprint density at radius 1 is 0.885 bits per heavy atom. The van der Waals surface area contributed by atoms with Crippen LogP contribution in [0, 0.1) is 0 Å². The Morgan fingerprint density at radius 3 is 1.92 bits per heavy atom. The third kappa shape index (κ3) is 9.27. The minimum atomic E-state index is -1.06. The van der Waals surface area contributed by atoms with Gasteiger partial charge in [-0.1, -0.05) is 55.6 Å². The van der Waals surface area contributed by atoms with E-state index in [2.05, 4.69) is 13.2 Å². The highest BCUT2D eigenvalue weighted by Crippen LogP contribution is 2.10. The van der Waals surface area contributed by atoms with Gasteiger partial charge in [-0.05, 0) is 5.56 Å². The molecule has 0 spiro atoms. The molecule has 7 nitrogen and oxygen atoms in total. The number of hydrogen-bond donors (Lipinski definition) is 0. The van der Waals surface area contributed by atoms with Crippen molar-refractivity contribution < 1.29 is 33.3 Å². The largest absolute Gasteiger partial charge is 0.508 e. The molecule has 1 aromatic rings. The molecule has 0 aliphatic rings. The first-order chi connectivity index (χ1) is 12.5. The van der Waals surface area contributed by atoms with Gasteiger partial charge in [-0.25, -0.2) is 4.79 Å². The molecule has 0 N–H and O–H groups in total. The maximum absolute atomic E-state index is 11.8. The molecule has 140 valence electrons. The van der Waals surface area contributed by atoms with Crippen molar-refractivity contribution in [3.63, 3.8) is 0 Å². The molecule has 0 amide bonds. The maximum Gasteiger partial charge on any atom is 0.508 e. The van der Waals surface area contributed by atoms with Crippen LogP contribution in [0.2, 0.25) is 0 Å². The summed E-state index contributed by atoms with van der Waals surface area (Å²) in [4.78, 5) is 35.2. The zero-order valence-electron chi connectivity index (χ0n) is 14.4. The minimum absolute atomic E-state index is 0.00815. The van der Waals surface area contributed by atoms with Crippen LogP contribution in [0.3, 0.4) is 0 Å². The number of rotatable bonds is 11. The van der Waals surface area contributed by atoms with Gasteiger partial charge >= 0.3 is 18.1 Å². The van der Waals surface area contributed by atoms with Crippen molar-refractivity contribution in [3.8, 4) is 0 Å². The van der Waals surface area contributed by atoms with Crippen LogP contribution in [0.5, 0.6) is 0 Å². The lowest BCUT2D eigenvalue weighted by molar-refractivity contribution is -0.148. The minimum Gasteiger partial charge on any atom is -0.461 e. The highest BCUT2D eigenvalue weighted by Gasteiger charge is 2.24. The third-order valence-electron chi connectivity index (χ3n) is 2.98. The van der Waals surface area contributed by atoms with E-state index in [0.29, 0.717) is 0 Å². The summed E-state index contributed by atoms with van der Waals surface area (Å²) in [5.74, 6) is -1.27. The summed E-state index contributed by atoms with van der Waals surface area (Å²) in [6.45, 7) is 6.90. The van der Waals surface area contributed by atoms with Crippen molar-refractivity contribution in [2.45, 2.75) is 25.6 Å². The predicted octanol–water partition coefficient (Wildman–Crippen LogP) is 2.95. The second kappa shape index (κ2) is 12.3. The van der Waals surface area contributed by atoms with Crippen LogP contribution in [-0.2, 0) is 35.1 Å². The van der Waals surface area contributed by atoms with E-state index in [1.807, 2.05) is 6.07 Å². The molecule has 0 fully saturated rings. The molecule has 0 aromatic heterocycles. The fourth-order valence-corrected chi connectivity index (χ4v) is 1.84. The molecule has 0 aliphatic heterocycles. The molecule has 0 saturated heterocycles. The highest BCUT2D eigenvalue weighted by molar-refractivity contribution is 5.74. The lowest BCUT2D eigenvalue weighted by atomic mass is 10.2. The summed E-state index contributed by atoms with van der Waals surface area (Å²) < 4.78 is 19.7. The monoisotopic (exact) mass is 362 g/mol. The van der Waals surface area contributed by atoms with Gasteiger partial charge in [0.1, 0.15) is 25.9 Å². The first kappa shape index (κ1) is 21.0. The molecule has 0 atom stereocenters. The Labute approximate surface area is 152 Å². The summed E-state index contributed by atoms with van der Waals surface area (Å²) in [5, 5.41) is 0. The van der Waals surface area contributed by atoms with Gasteiger partial charge in [-0.2, -0.15) is 0 Å². The van der Waals surface area contributed by atoms with Crippen LogP contribution in [0.15, 0.2) is 55.6 Å². The van der Waals surface area contributed by atoms with Crippen LogP contribution in [0.25, 0.3) is 0 Å². The van der Waals surface area contributed by atoms with E-state index in [0.717, 1.165) is 5.56 Å². The summed E-state index contributed by atoms with van der Waals surface area (Å²) in [5.41, 5.74) is 0.775. The molecule has 7 heteroatoms. The van der Waals surface area contributed by atoms with Crippen LogP contribution in [-0.4, -0.2) is 37.4 Å². The molecule has 0 aliphatic carbocycles. The average Bonchev–Trinajstić information content (AvgIpc) is 2.63. The molecule has 1 rings (SSSR count). The van der Waals surface area contributed by atoms with Crippen molar-refractivity contribution >= 4 is 18.1 Å². The molecule has 0 radical (unpaired) electrons. The highest BCUT2D eigenvalue weighted by atomic mass is 16.7. The summed E-state index contributed by atoms with van der Waals surface area (Å²) >= 11 is 0. The Balaban J connectivity index is 2.56. The number of hydrogen-bond acceptors (Lipinski definition) is 7. The first-order valence-electron chi connectivity index (χ1n) is 7.95. The Bertz CT molecular complexity index is 584. The number of carbonyl (C=O) groups is 3. The number of carbonyl (C=O) groups excluding carboxylic acids is 3. The fraction of sp³-hybridized carbons (Fsp3) is 0.316. The molecule has 0 bridgehead atoms. The zero-order chi connectivity index (χ0) is 19.2. The van der Waals surface area contributed by atoms with Crippen LogP contribution in [0.1, 0.15) is 18.4 Å². The van der Waals surface area contributed by atoms with Crippen LogP contribution >= 0.6 is 0 Å². The molecule has 26 heavy (non-hydrogen) atoms. The second-order valence-corrected chi connectivity index (χ2v) is 5.12. The normalized spacial score (nSPS) is 9.88. The predicted molar refractivity (Wildman–Crippen MR) is 93.0 cm³/mol. The molecular formula is C19H22O7. The first-order valence-corrected chi connectivity index (χ1v) is 7.95. The standard InChI is InChI=1S/C19H22O7/c1-3-10-23-17(20)12-16(13-18(21)24-11-4-2)26-19(22)25-14-15-8-6-5-7-9-15/h3-9,16H,1-2,10-14H2. The van der Waals surface area contributed by atoms with Crippen molar-refractivity contribution in [1.82, 2.24) is 0 Å². The summed E-state index contributed by atoms with van der Waals surface area (Å²) in [7, 11) is 0. The topological polar surface area (TPSA) is 88.1 Å². The van der Waals surface area contributed by atoms with Crippen molar-refractivity contribution in [2.24, 2.45) is 0 Å². The van der Waals surface area contributed by atoms with Gasteiger partial charge in [0.15, 0.2) is 0 Å². The molecular weight excluding hydrogens is 340 g/mol. The van der Waals surface area contributed by atoms with Gasteiger partial charge in [-0.15, -0.1) is 0 Å². The molecule has 0 saturated carbocycles. The van der Waals surface area contributed by atoms with E-state index in [4.69, 9.17) is 18.9 Å². The van der Waals surface area contributed by atoms with E-state index in [-0.39, 0.29) is 32.7 Å². The Morgan fingerprint density at radius 2 is 1.42 bits per heavy atom. The fourth-order valence-electron chi connectivity index (χ4n) is 1.84. The lowest BCUT2D eigenvalue weighted by Crippen LogP contribution is -2.27. The number of benzene rings is 1. The van der Waals surface area contributed by atoms with E-state index in [9.17, 15) is 14.4 Å². The van der Waals surface area contributed by atoms with Crippen molar-refractivity contribution in [1.29, 1.82) is 0 Å². The van der Waals surface area contributed by atoms with Crippen LogP contribution in [0.4, 0.5) is 4.79 Å². The van der Waals surface area contributed by atoms with Gasteiger partial charge in [0.25, 0.3) is 0 Å². The Hall–Kier alpha value is -3.09. The van der Waals surface area contributed by atoms with Gasteiger partial charge in [0.05, 0.1) is 12.8 Å². The molecule has 1 aromatic carbocycles. The molecule has 0 heterocycles.